The number of carbonyl (C=O) groups is 2. The van der Waals surface area contributed by atoms with E-state index < -0.39 is 0 Å². The number of hydrogen-bond acceptors (Lipinski definition) is 4. The minimum atomic E-state index is -0.153. The van der Waals surface area contributed by atoms with Gasteiger partial charge in [0.2, 0.25) is 11.8 Å². The second-order valence-electron chi connectivity index (χ2n) is 6.71. The molecule has 7 nitrogen and oxygen atoms in total. The maximum Gasteiger partial charge on any atom is 0.240 e. The summed E-state index contributed by atoms with van der Waals surface area (Å²) >= 11 is 0. The van der Waals surface area contributed by atoms with Crippen molar-refractivity contribution in [3.05, 3.63) is 60.3 Å². The van der Waals surface area contributed by atoms with Crippen LogP contribution in [-0.4, -0.2) is 28.1 Å². The molecule has 1 heterocycles. The molecule has 0 spiro atoms. The predicted molar refractivity (Wildman–Crippen MR) is 114 cm³/mol. The van der Waals surface area contributed by atoms with Crippen LogP contribution in [0, 0.1) is 0 Å². The molecule has 0 aliphatic heterocycles. The Kier molecular flexibility index (Phi) is 7.00. The fraction of sp³-hybridized carbons (Fsp3) is 0.227. The van der Waals surface area contributed by atoms with Crippen molar-refractivity contribution in [2.75, 3.05) is 5.32 Å². The fourth-order valence-electron chi connectivity index (χ4n) is 2.97. The summed E-state index contributed by atoms with van der Waals surface area (Å²) in [6, 6.07) is 14.5. The second kappa shape index (κ2) is 10.1. The molecule has 4 N–H and O–H groups in total. The summed E-state index contributed by atoms with van der Waals surface area (Å²) in [5, 5.41) is 17.4. The van der Waals surface area contributed by atoms with Crippen molar-refractivity contribution in [3.63, 3.8) is 0 Å². The molecule has 0 saturated heterocycles. The molecular formula is C22H24N4O3. The zero-order chi connectivity index (χ0) is 20.5. The lowest BCUT2D eigenvalue weighted by Crippen LogP contribution is -2.17. The third-order valence-corrected chi connectivity index (χ3v) is 4.50. The third-order valence-electron chi connectivity index (χ3n) is 4.50. The molecule has 0 fully saturated rings. The van der Waals surface area contributed by atoms with Gasteiger partial charge in [-0.2, -0.15) is 5.10 Å². The number of anilines is 1. The van der Waals surface area contributed by atoms with Crippen LogP contribution in [0.25, 0.3) is 10.9 Å². The van der Waals surface area contributed by atoms with Gasteiger partial charge >= 0.3 is 0 Å². The molecule has 1 aromatic heterocycles. The lowest BCUT2D eigenvalue weighted by molar-refractivity contribution is -0.121. The number of nitrogens with zero attached hydrogens (tertiary/aromatic N) is 1. The Hall–Kier alpha value is -3.61. The van der Waals surface area contributed by atoms with Gasteiger partial charge in [0.05, 0.1) is 11.9 Å². The van der Waals surface area contributed by atoms with E-state index >= 15 is 0 Å². The maximum atomic E-state index is 11.9. The zero-order valence-electron chi connectivity index (χ0n) is 16.0. The van der Waals surface area contributed by atoms with Crippen LogP contribution in [0.3, 0.4) is 0 Å². The summed E-state index contributed by atoms with van der Waals surface area (Å²) in [7, 11) is 0. The number of fused-ring (bicyclic) bond motifs is 1. The quantitative estimate of drug-likeness (QED) is 0.192. The molecule has 0 aliphatic carbocycles. The Bertz CT molecular complexity index is 1010. The minimum Gasteiger partial charge on any atom is -0.506 e. The summed E-state index contributed by atoms with van der Waals surface area (Å²) in [6.45, 7) is 0. The first-order valence-corrected chi connectivity index (χ1v) is 9.59. The van der Waals surface area contributed by atoms with Crippen molar-refractivity contribution in [1.29, 1.82) is 0 Å². The van der Waals surface area contributed by atoms with E-state index in [0.717, 1.165) is 22.9 Å². The van der Waals surface area contributed by atoms with Gasteiger partial charge in [-0.15, -0.1) is 0 Å². The van der Waals surface area contributed by atoms with Gasteiger partial charge in [-0.1, -0.05) is 36.8 Å². The number of hydrazone groups is 1. The highest BCUT2D eigenvalue weighted by Crippen LogP contribution is 2.21. The number of aromatic hydroxyl groups is 1. The van der Waals surface area contributed by atoms with Crippen LogP contribution < -0.4 is 10.7 Å². The smallest absolute Gasteiger partial charge is 0.240 e. The first-order valence-electron chi connectivity index (χ1n) is 9.59. The average Bonchev–Trinajstić information content (AvgIpc) is 3.13. The molecule has 0 saturated carbocycles. The molecular weight excluding hydrogens is 368 g/mol. The van der Waals surface area contributed by atoms with Gasteiger partial charge in [0, 0.05) is 35.5 Å². The molecule has 2 amide bonds. The molecule has 0 radical (unpaired) electrons. The van der Waals surface area contributed by atoms with Gasteiger partial charge in [0.1, 0.15) is 5.75 Å². The van der Waals surface area contributed by atoms with Crippen LogP contribution >= 0.6 is 0 Å². The standard InChI is InChI=1S/C22H24N4O3/c27-20-11-7-6-10-19(20)25-21(28)12-2-1-3-13-22(29)26-24-15-16-14-23-18-9-5-4-8-17(16)18/h4-11,14-15,23,27H,1-3,12-13H2,(H,25,28)(H,26,29)/b24-15+. The lowest BCUT2D eigenvalue weighted by Gasteiger charge is -2.06. The number of aromatic nitrogens is 1. The Morgan fingerprint density at radius 2 is 1.69 bits per heavy atom. The van der Waals surface area contributed by atoms with E-state index in [4.69, 9.17) is 0 Å². The molecule has 150 valence electrons. The van der Waals surface area contributed by atoms with E-state index in [1.165, 1.54) is 6.07 Å². The SMILES string of the molecule is O=C(CCCCCC(=O)Nc1ccccc1O)N/N=C/c1c[nH]c2ccccc12. The number of nitrogens with one attached hydrogen (secondary N) is 3. The number of benzene rings is 2. The summed E-state index contributed by atoms with van der Waals surface area (Å²) in [5.74, 6) is -0.259. The summed E-state index contributed by atoms with van der Waals surface area (Å²) in [4.78, 5) is 26.9. The van der Waals surface area contributed by atoms with Crippen LogP contribution in [0.5, 0.6) is 5.75 Å². The van der Waals surface area contributed by atoms with Crippen LogP contribution in [-0.2, 0) is 9.59 Å². The summed E-state index contributed by atoms with van der Waals surface area (Å²) in [6.07, 6.45) is 6.28. The van der Waals surface area contributed by atoms with Gasteiger partial charge in [0.15, 0.2) is 0 Å². The van der Waals surface area contributed by atoms with E-state index in [0.29, 0.717) is 31.4 Å². The van der Waals surface area contributed by atoms with Gasteiger partial charge in [-0.05, 0) is 31.0 Å². The number of amides is 2. The van der Waals surface area contributed by atoms with E-state index in [2.05, 4.69) is 20.8 Å². The number of hydrogen-bond donors (Lipinski definition) is 4. The molecule has 0 unspecified atom stereocenters. The Morgan fingerprint density at radius 1 is 0.966 bits per heavy atom. The van der Waals surface area contributed by atoms with Crippen molar-refractivity contribution in [2.45, 2.75) is 32.1 Å². The van der Waals surface area contributed by atoms with Crippen molar-refractivity contribution >= 4 is 34.6 Å². The Morgan fingerprint density at radius 3 is 2.52 bits per heavy atom. The summed E-state index contributed by atoms with van der Waals surface area (Å²) < 4.78 is 0. The molecule has 2 aromatic carbocycles. The van der Waals surface area contributed by atoms with E-state index in [-0.39, 0.29) is 17.6 Å². The van der Waals surface area contributed by atoms with Crippen molar-refractivity contribution in [3.8, 4) is 5.75 Å². The number of phenolic OH excluding ortho intramolecular Hbond substituents is 1. The first-order chi connectivity index (χ1) is 14.1. The van der Waals surface area contributed by atoms with E-state index in [1.54, 1.807) is 24.4 Å². The first kappa shape index (κ1) is 20.1. The lowest BCUT2D eigenvalue weighted by atomic mass is 10.1. The summed E-state index contributed by atoms with van der Waals surface area (Å²) in [5.41, 5.74) is 4.87. The molecule has 0 atom stereocenters. The van der Waals surface area contributed by atoms with Gasteiger partial charge in [-0.25, -0.2) is 5.43 Å². The average molecular weight is 392 g/mol. The highest BCUT2D eigenvalue weighted by Gasteiger charge is 2.06. The Labute approximate surface area is 168 Å². The van der Waals surface area contributed by atoms with Crippen LogP contribution in [0.4, 0.5) is 5.69 Å². The maximum absolute atomic E-state index is 11.9. The van der Waals surface area contributed by atoms with Crippen LogP contribution in [0.1, 0.15) is 37.7 Å². The normalized spacial score (nSPS) is 11.0. The monoisotopic (exact) mass is 392 g/mol. The molecule has 0 aliphatic rings. The number of para-hydroxylation sites is 3. The van der Waals surface area contributed by atoms with E-state index in [1.807, 2.05) is 30.5 Å². The number of H-pyrrole nitrogens is 1. The number of phenols is 1. The predicted octanol–water partition coefficient (Wildman–Crippen LogP) is 3.91. The minimum absolute atomic E-state index is 0.0470. The van der Waals surface area contributed by atoms with Crippen molar-refractivity contribution in [1.82, 2.24) is 10.4 Å². The topological polar surface area (TPSA) is 107 Å². The highest BCUT2D eigenvalue weighted by molar-refractivity contribution is 5.99. The number of unbranched alkanes of at least 4 members (excludes halogenated alkanes) is 2. The molecule has 29 heavy (non-hydrogen) atoms. The number of carbonyl (C=O) groups excluding carboxylic acids is 2. The van der Waals surface area contributed by atoms with Crippen LogP contribution in [0.2, 0.25) is 0 Å². The largest absolute Gasteiger partial charge is 0.506 e. The van der Waals surface area contributed by atoms with Crippen molar-refractivity contribution < 1.29 is 14.7 Å². The number of aromatic amines is 1. The molecule has 3 rings (SSSR count). The van der Waals surface area contributed by atoms with E-state index in [9.17, 15) is 14.7 Å². The van der Waals surface area contributed by atoms with Gasteiger partial charge < -0.3 is 15.4 Å². The Balaban J connectivity index is 1.31. The molecule has 0 bridgehead atoms. The molecule has 3 aromatic rings. The zero-order valence-corrected chi connectivity index (χ0v) is 16.0. The fourth-order valence-corrected chi connectivity index (χ4v) is 2.97. The second-order valence-corrected chi connectivity index (χ2v) is 6.71. The van der Waals surface area contributed by atoms with Gasteiger partial charge in [0.25, 0.3) is 0 Å². The number of rotatable bonds is 9. The van der Waals surface area contributed by atoms with Crippen LogP contribution in [0.15, 0.2) is 59.8 Å². The van der Waals surface area contributed by atoms with Crippen molar-refractivity contribution in [2.24, 2.45) is 5.10 Å². The highest BCUT2D eigenvalue weighted by atomic mass is 16.3. The van der Waals surface area contributed by atoms with Gasteiger partial charge in [-0.3, -0.25) is 9.59 Å². The molecule has 7 heteroatoms. The third kappa shape index (κ3) is 5.93.